The Hall–Kier alpha value is -3.93. The van der Waals surface area contributed by atoms with Crippen molar-refractivity contribution in [2.75, 3.05) is 0 Å². The van der Waals surface area contributed by atoms with Crippen LogP contribution in [0.4, 0.5) is 0 Å². The highest BCUT2D eigenvalue weighted by Gasteiger charge is 2.52. The number of carboxylic acids is 2. The first-order valence-corrected chi connectivity index (χ1v) is 13.4. The summed E-state index contributed by atoms with van der Waals surface area (Å²) >= 11 is 0. The molecule has 0 aromatic heterocycles. The number of carbonyl (C=O) groups excluding carboxylic acids is 1. The summed E-state index contributed by atoms with van der Waals surface area (Å²) in [5.41, 5.74) is 0.766. The molecule has 0 amide bonds. The minimum absolute atomic E-state index is 0.0517. The first kappa shape index (κ1) is 29.1. The number of aromatic carboxylic acids is 2. The molecule has 1 aliphatic rings. The van der Waals surface area contributed by atoms with E-state index in [0.29, 0.717) is 11.1 Å². The first-order valence-electron chi connectivity index (χ1n) is 13.4. The number of ether oxygens (including phenoxy) is 1. The fourth-order valence-electron chi connectivity index (χ4n) is 5.27. The number of cyclic esters (lactones) is 1. The third-order valence-corrected chi connectivity index (χ3v) is 7.72. The van der Waals surface area contributed by atoms with Crippen molar-refractivity contribution in [3.05, 3.63) is 105 Å². The third-order valence-electron chi connectivity index (χ3n) is 7.72. The number of fused-ring (bicyclic) bond motifs is 1. The van der Waals surface area contributed by atoms with Crippen LogP contribution in [0, 0.1) is 0 Å². The summed E-state index contributed by atoms with van der Waals surface area (Å²) in [6.07, 6.45) is 0. The molecule has 1 aliphatic heterocycles. The molecule has 2 N–H and O–H groups in total. The topological polar surface area (TPSA) is 101 Å². The Kier molecular flexibility index (Phi) is 6.78. The van der Waals surface area contributed by atoms with E-state index in [1.54, 1.807) is 36.4 Å². The zero-order chi connectivity index (χ0) is 30.0. The lowest BCUT2D eigenvalue weighted by Gasteiger charge is -2.34. The SMILES string of the molecule is CC(C)(C)c1ccc(C2(c3ccc(C(C)(C)C)cc3C(=O)O)OC(=O)c3cc(C(C)(C)C)ccc32)c(C(=O)O)c1. The van der Waals surface area contributed by atoms with Gasteiger partial charge in [-0.15, -0.1) is 0 Å². The molecular formula is C34H38O6. The van der Waals surface area contributed by atoms with Crippen LogP contribution in [0.2, 0.25) is 0 Å². The summed E-state index contributed by atoms with van der Waals surface area (Å²) < 4.78 is 6.23. The van der Waals surface area contributed by atoms with Crippen LogP contribution >= 0.6 is 0 Å². The van der Waals surface area contributed by atoms with Gasteiger partial charge in [0.2, 0.25) is 0 Å². The summed E-state index contributed by atoms with van der Waals surface area (Å²) in [4.78, 5) is 39.1. The van der Waals surface area contributed by atoms with Crippen LogP contribution < -0.4 is 0 Å². The van der Waals surface area contributed by atoms with E-state index in [0.717, 1.165) is 16.7 Å². The number of rotatable bonds is 4. The van der Waals surface area contributed by atoms with Gasteiger partial charge < -0.3 is 14.9 Å². The van der Waals surface area contributed by atoms with E-state index in [-0.39, 0.29) is 38.5 Å². The van der Waals surface area contributed by atoms with E-state index in [9.17, 15) is 24.6 Å². The van der Waals surface area contributed by atoms with Crippen molar-refractivity contribution >= 4 is 17.9 Å². The quantitative estimate of drug-likeness (QED) is 0.332. The molecule has 4 rings (SSSR count). The van der Waals surface area contributed by atoms with Crippen molar-refractivity contribution < 1.29 is 29.3 Å². The molecule has 0 fully saturated rings. The lowest BCUT2D eigenvalue weighted by atomic mass is 9.73. The van der Waals surface area contributed by atoms with E-state index in [4.69, 9.17) is 4.74 Å². The van der Waals surface area contributed by atoms with Crippen LogP contribution in [0.5, 0.6) is 0 Å². The Morgan fingerprint density at radius 1 is 0.600 bits per heavy atom. The van der Waals surface area contributed by atoms with Gasteiger partial charge in [-0.25, -0.2) is 14.4 Å². The van der Waals surface area contributed by atoms with E-state index >= 15 is 0 Å². The smallest absolute Gasteiger partial charge is 0.340 e. The van der Waals surface area contributed by atoms with Gasteiger partial charge in [-0.1, -0.05) is 98.7 Å². The number of carbonyl (C=O) groups is 3. The lowest BCUT2D eigenvalue weighted by Crippen LogP contribution is -2.34. The van der Waals surface area contributed by atoms with Crippen LogP contribution in [0.25, 0.3) is 0 Å². The Morgan fingerprint density at radius 3 is 1.30 bits per heavy atom. The van der Waals surface area contributed by atoms with Gasteiger partial charge in [-0.3, -0.25) is 0 Å². The van der Waals surface area contributed by atoms with Crippen molar-refractivity contribution in [2.24, 2.45) is 0 Å². The third kappa shape index (κ3) is 4.80. The van der Waals surface area contributed by atoms with Crippen molar-refractivity contribution in [1.29, 1.82) is 0 Å². The van der Waals surface area contributed by atoms with Crippen LogP contribution in [-0.2, 0) is 26.6 Å². The van der Waals surface area contributed by atoms with Crippen LogP contribution in [-0.4, -0.2) is 28.1 Å². The molecule has 3 aromatic carbocycles. The number of hydrogen-bond acceptors (Lipinski definition) is 4. The molecule has 3 aromatic rings. The van der Waals surface area contributed by atoms with Gasteiger partial charge in [0.25, 0.3) is 0 Å². The van der Waals surface area contributed by atoms with Crippen LogP contribution in [0.15, 0.2) is 54.6 Å². The van der Waals surface area contributed by atoms with Crippen molar-refractivity contribution in [3.63, 3.8) is 0 Å². The Bertz CT molecular complexity index is 1460. The van der Waals surface area contributed by atoms with Crippen LogP contribution in [0.1, 0.15) is 127 Å². The van der Waals surface area contributed by atoms with Gasteiger partial charge in [0, 0.05) is 16.7 Å². The van der Waals surface area contributed by atoms with E-state index in [1.807, 2.05) is 80.5 Å². The minimum Gasteiger partial charge on any atom is -0.478 e. The summed E-state index contributed by atoms with van der Waals surface area (Å²) in [7, 11) is 0. The van der Waals surface area contributed by atoms with Crippen molar-refractivity contribution in [2.45, 2.75) is 84.2 Å². The number of carboxylic acid groups (broad SMARTS) is 2. The average molecular weight is 543 g/mol. The van der Waals surface area contributed by atoms with Crippen LogP contribution in [0.3, 0.4) is 0 Å². The molecule has 0 unspecified atom stereocenters. The molecule has 0 radical (unpaired) electrons. The Labute approximate surface area is 236 Å². The highest BCUT2D eigenvalue weighted by atomic mass is 16.6. The first-order chi connectivity index (χ1) is 18.3. The number of benzene rings is 3. The van der Waals surface area contributed by atoms with E-state index in [1.165, 1.54) is 0 Å². The second kappa shape index (κ2) is 9.33. The predicted octanol–water partition coefficient (Wildman–Crippen LogP) is 7.44. The van der Waals surface area contributed by atoms with Gasteiger partial charge in [-0.05, 0) is 51.1 Å². The zero-order valence-electron chi connectivity index (χ0n) is 24.7. The molecule has 1 heterocycles. The highest BCUT2D eigenvalue weighted by Crippen LogP contribution is 2.50. The number of hydrogen-bond donors (Lipinski definition) is 2. The minimum atomic E-state index is -1.78. The molecule has 0 saturated heterocycles. The summed E-state index contributed by atoms with van der Waals surface area (Å²) in [5.74, 6) is -3.02. The summed E-state index contributed by atoms with van der Waals surface area (Å²) in [5, 5.41) is 20.8. The molecule has 6 nitrogen and oxygen atoms in total. The average Bonchev–Trinajstić information content (AvgIpc) is 3.14. The van der Waals surface area contributed by atoms with Gasteiger partial charge >= 0.3 is 17.9 Å². The normalized spacial score (nSPS) is 15.0. The van der Waals surface area contributed by atoms with Gasteiger partial charge in [-0.2, -0.15) is 0 Å². The molecule has 210 valence electrons. The van der Waals surface area contributed by atoms with Crippen molar-refractivity contribution in [1.82, 2.24) is 0 Å². The summed E-state index contributed by atoms with van der Waals surface area (Å²) in [6, 6.07) is 15.6. The zero-order valence-corrected chi connectivity index (χ0v) is 24.7. The molecule has 40 heavy (non-hydrogen) atoms. The fraction of sp³-hybridized carbons (Fsp3) is 0.382. The molecule has 0 bridgehead atoms. The fourth-order valence-corrected chi connectivity index (χ4v) is 5.27. The summed E-state index contributed by atoms with van der Waals surface area (Å²) in [6.45, 7) is 18.0. The van der Waals surface area contributed by atoms with Gasteiger partial charge in [0.15, 0.2) is 5.60 Å². The molecule has 0 aliphatic carbocycles. The lowest BCUT2D eigenvalue weighted by molar-refractivity contribution is 0.0235. The number of esters is 1. The van der Waals surface area contributed by atoms with Crippen molar-refractivity contribution in [3.8, 4) is 0 Å². The van der Waals surface area contributed by atoms with E-state index in [2.05, 4.69) is 0 Å². The Morgan fingerprint density at radius 2 is 0.950 bits per heavy atom. The molecule has 0 saturated carbocycles. The predicted molar refractivity (Wildman–Crippen MR) is 155 cm³/mol. The maximum atomic E-state index is 13.6. The highest BCUT2D eigenvalue weighted by molar-refractivity contribution is 6.00. The van der Waals surface area contributed by atoms with Gasteiger partial charge in [0.1, 0.15) is 0 Å². The molecule has 0 spiro atoms. The molecular weight excluding hydrogens is 504 g/mol. The van der Waals surface area contributed by atoms with Gasteiger partial charge in [0.05, 0.1) is 16.7 Å². The van der Waals surface area contributed by atoms with E-state index < -0.39 is 23.5 Å². The maximum Gasteiger partial charge on any atom is 0.340 e. The molecule has 6 heteroatoms. The second-order valence-corrected chi connectivity index (χ2v) is 13.7. The Balaban J connectivity index is 2.18. The monoisotopic (exact) mass is 542 g/mol. The second-order valence-electron chi connectivity index (χ2n) is 13.7. The maximum absolute atomic E-state index is 13.6. The molecule has 0 atom stereocenters. The standard InChI is InChI=1S/C34H38O6/c1-31(2,3)19-10-13-25(22(16-19)28(35)36)34(26-14-11-20(32(4,5)6)17-23(26)29(37)38)27-15-12-21(33(7,8)9)18-24(27)30(39)40-34/h10-18H,1-9H3,(H,35,36)(H,37,38). The largest absolute Gasteiger partial charge is 0.478 e.